The lowest BCUT2D eigenvalue weighted by molar-refractivity contribution is -0.152. The lowest BCUT2D eigenvalue weighted by atomic mass is 9.75. The first-order valence-electron chi connectivity index (χ1n) is 7.56. The van der Waals surface area contributed by atoms with Crippen LogP contribution >= 0.6 is 0 Å². The van der Waals surface area contributed by atoms with Crippen molar-refractivity contribution in [3.8, 4) is 0 Å². The van der Waals surface area contributed by atoms with Crippen LogP contribution in [0.15, 0.2) is 0 Å². The van der Waals surface area contributed by atoms with Gasteiger partial charge in [0.15, 0.2) is 0 Å². The third-order valence-corrected chi connectivity index (χ3v) is 4.49. The van der Waals surface area contributed by atoms with Crippen LogP contribution in [0.2, 0.25) is 0 Å². The number of nitrogens with zero attached hydrogens (tertiary/aromatic N) is 1. The maximum absolute atomic E-state index is 11.4. The molecule has 1 rings (SSSR count). The number of nitrogens with one attached hydrogen (secondary N) is 1. The van der Waals surface area contributed by atoms with E-state index in [1.54, 1.807) is 20.8 Å². The highest BCUT2D eigenvalue weighted by atomic mass is 16.4. The third-order valence-electron chi connectivity index (χ3n) is 4.49. The summed E-state index contributed by atoms with van der Waals surface area (Å²) in [5, 5.41) is 12.4. The SMILES string of the molecule is CC(=O)NC1CC(C)(C)N(CC(C)(C)C(=O)O)C(C)(C)C1. The number of carbonyl (C=O) groups excluding carboxylic acids is 1. The van der Waals surface area contributed by atoms with Crippen LogP contribution in [0.25, 0.3) is 0 Å². The van der Waals surface area contributed by atoms with Crippen LogP contribution in [-0.2, 0) is 9.59 Å². The van der Waals surface area contributed by atoms with Crippen molar-refractivity contribution in [3.05, 3.63) is 0 Å². The second-order valence-corrected chi connectivity index (χ2v) is 8.21. The van der Waals surface area contributed by atoms with E-state index in [9.17, 15) is 14.7 Å². The van der Waals surface area contributed by atoms with Gasteiger partial charge in [-0.15, -0.1) is 0 Å². The van der Waals surface area contributed by atoms with Gasteiger partial charge in [-0.1, -0.05) is 0 Å². The number of likely N-dealkylation sites (tertiary alicyclic amines) is 1. The molecule has 122 valence electrons. The molecule has 1 aliphatic rings. The van der Waals surface area contributed by atoms with Crippen LogP contribution in [-0.4, -0.2) is 45.5 Å². The van der Waals surface area contributed by atoms with E-state index in [4.69, 9.17) is 0 Å². The molecule has 5 nitrogen and oxygen atoms in total. The number of carbonyl (C=O) groups is 2. The summed E-state index contributed by atoms with van der Waals surface area (Å²) in [5.41, 5.74) is -1.13. The number of carboxylic acid groups (broad SMARTS) is 1. The van der Waals surface area contributed by atoms with Crippen molar-refractivity contribution in [2.75, 3.05) is 6.54 Å². The molecule has 0 unspecified atom stereocenters. The molecular formula is C16H30N2O3. The highest BCUT2D eigenvalue weighted by molar-refractivity contribution is 5.74. The number of piperidine rings is 1. The molecule has 0 spiro atoms. The smallest absolute Gasteiger partial charge is 0.310 e. The average molecular weight is 298 g/mol. The van der Waals surface area contributed by atoms with Crippen molar-refractivity contribution in [2.45, 2.75) is 78.4 Å². The minimum absolute atomic E-state index is 0.00841. The number of hydrogen-bond acceptors (Lipinski definition) is 3. The zero-order chi connectivity index (χ0) is 16.6. The predicted octanol–water partition coefficient (Wildman–Crippen LogP) is 2.25. The monoisotopic (exact) mass is 298 g/mol. The standard InChI is InChI=1S/C16H30N2O3/c1-11(19)17-12-8-15(4,5)18(16(6,7)9-12)10-14(2,3)13(20)21/h12H,8-10H2,1-7H3,(H,17,19)(H,20,21). The van der Waals surface area contributed by atoms with Gasteiger partial charge in [0.2, 0.25) is 5.91 Å². The van der Waals surface area contributed by atoms with Gasteiger partial charge >= 0.3 is 5.97 Å². The Morgan fingerprint density at radius 2 is 1.62 bits per heavy atom. The van der Waals surface area contributed by atoms with Crippen molar-refractivity contribution in [2.24, 2.45) is 5.41 Å². The van der Waals surface area contributed by atoms with E-state index < -0.39 is 11.4 Å². The summed E-state index contributed by atoms with van der Waals surface area (Å²) in [6.45, 7) is 14.1. The van der Waals surface area contributed by atoms with E-state index in [2.05, 4.69) is 37.9 Å². The van der Waals surface area contributed by atoms with E-state index >= 15 is 0 Å². The van der Waals surface area contributed by atoms with Gasteiger partial charge in [-0.2, -0.15) is 0 Å². The van der Waals surface area contributed by atoms with Crippen molar-refractivity contribution in [1.29, 1.82) is 0 Å². The number of amides is 1. The van der Waals surface area contributed by atoms with Gasteiger partial charge < -0.3 is 10.4 Å². The van der Waals surface area contributed by atoms with Crippen LogP contribution in [0.3, 0.4) is 0 Å². The first kappa shape index (κ1) is 18.0. The number of hydrogen-bond donors (Lipinski definition) is 2. The minimum atomic E-state index is -0.796. The molecule has 1 saturated heterocycles. The Hall–Kier alpha value is -1.10. The zero-order valence-electron chi connectivity index (χ0n) is 14.4. The van der Waals surface area contributed by atoms with Gasteiger partial charge in [0.05, 0.1) is 5.41 Å². The van der Waals surface area contributed by atoms with E-state index in [0.29, 0.717) is 6.54 Å². The normalized spacial score (nSPS) is 22.8. The van der Waals surface area contributed by atoms with Crippen molar-refractivity contribution >= 4 is 11.9 Å². The summed E-state index contributed by atoms with van der Waals surface area (Å²) in [6, 6.07) is 0.136. The molecule has 5 heteroatoms. The van der Waals surface area contributed by atoms with Crippen molar-refractivity contribution in [1.82, 2.24) is 10.2 Å². The van der Waals surface area contributed by atoms with E-state index in [-0.39, 0.29) is 23.0 Å². The molecule has 0 aromatic carbocycles. The Morgan fingerprint density at radius 1 is 1.19 bits per heavy atom. The molecule has 0 aromatic rings. The molecule has 0 saturated carbocycles. The molecule has 1 heterocycles. The fraction of sp³-hybridized carbons (Fsp3) is 0.875. The van der Waals surface area contributed by atoms with Crippen molar-refractivity contribution in [3.63, 3.8) is 0 Å². The van der Waals surface area contributed by atoms with E-state index in [1.165, 1.54) is 0 Å². The van der Waals surface area contributed by atoms with E-state index in [0.717, 1.165) is 12.8 Å². The minimum Gasteiger partial charge on any atom is -0.481 e. The van der Waals surface area contributed by atoms with Gasteiger partial charge in [-0.25, -0.2) is 0 Å². The molecule has 2 N–H and O–H groups in total. The fourth-order valence-electron chi connectivity index (χ4n) is 3.60. The van der Waals surface area contributed by atoms with Crippen LogP contribution in [0.5, 0.6) is 0 Å². The molecular weight excluding hydrogens is 268 g/mol. The van der Waals surface area contributed by atoms with Crippen LogP contribution in [0.1, 0.15) is 61.3 Å². The second-order valence-electron chi connectivity index (χ2n) is 8.21. The summed E-state index contributed by atoms with van der Waals surface area (Å²) >= 11 is 0. The van der Waals surface area contributed by atoms with Gasteiger partial charge in [-0.3, -0.25) is 14.5 Å². The molecule has 1 amide bonds. The highest BCUT2D eigenvalue weighted by Gasteiger charge is 2.48. The Balaban J connectivity index is 3.00. The quantitative estimate of drug-likeness (QED) is 0.835. The molecule has 0 bridgehead atoms. The number of aliphatic carboxylic acids is 1. The van der Waals surface area contributed by atoms with Gasteiger partial charge in [0.1, 0.15) is 0 Å². The Labute approximate surface area is 128 Å². The average Bonchev–Trinajstić information content (AvgIpc) is 2.21. The molecule has 0 aliphatic carbocycles. The van der Waals surface area contributed by atoms with Crippen LogP contribution in [0.4, 0.5) is 0 Å². The summed E-state index contributed by atoms with van der Waals surface area (Å²) < 4.78 is 0. The molecule has 1 fully saturated rings. The molecule has 0 aromatic heterocycles. The lowest BCUT2D eigenvalue weighted by Crippen LogP contribution is -2.66. The Bertz CT molecular complexity index is 409. The summed E-state index contributed by atoms with van der Waals surface area (Å²) in [6.07, 6.45) is 1.65. The number of carboxylic acids is 1. The summed E-state index contributed by atoms with van der Waals surface area (Å²) in [5.74, 6) is -0.788. The molecule has 0 radical (unpaired) electrons. The van der Waals surface area contributed by atoms with E-state index in [1.807, 2.05) is 0 Å². The van der Waals surface area contributed by atoms with Crippen LogP contribution < -0.4 is 5.32 Å². The van der Waals surface area contributed by atoms with Crippen LogP contribution in [0, 0.1) is 5.41 Å². The predicted molar refractivity (Wildman–Crippen MR) is 83.1 cm³/mol. The Kier molecular flexibility index (Phi) is 4.78. The molecule has 21 heavy (non-hydrogen) atoms. The highest BCUT2D eigenvalue weighted by Crippen LogP contribution is 2.40. The maximum Gasteiger partial charge on any atom is 0.310 e. The fourth-order valence-corrected chi connectivity index (χ4v) is 3.60. The van der Waals surface area contributed by atoms with Gasteiger partial charge in [-0.05, 0) is 54.4 Å². The number of rotatable bonds is 4. The largest absolute Gasteiger partial charge is 0.481 e. The Morgan fingerprint density at radius 3 is 1.95 bits per heavy atom. The second kappa shape index (κ2) is 5.59. The first-order chi connectivity index (χ1) is 9.28. The molecule has 1 aliphatic heterocycles. The lowest BCUT2D eigenvalue weighted by Gasteiger charge is -2.56. The first-order valence-corrected chi connectivity index (χ1v) is 7.56. The van der Waals surface area contributed by atoms with Gasteiger partial charge in [0.25, 0.3) is 0 Å². The zero-order valence-corrected chi connectivity index (χ0v) is 14.4. The van der Waals surface area contributed by atoms with Crippen molar-refractivity contribution < 1.29 is 14.7 Å². The van der Waals surface area contributed by atoms with Gasteiger partial charge in [0, 0.05) is 30.6 Å². The molecule has 0 atom stereocenters. The summed E-state index contributed by atoms with van der Waals surface area (Å²) in [7, 11) is 0. The summed E-state index contributed by atoms with van der Waals surface area (Å²) in [4.78, 5) is 25.1. The topological polar surface area (TPSA) is 69.6 Å². The maximum atomic E-state index is 11.4. The third kappa shape index (κ3) is 4.19.